The Labute approximate surface area is 248 Å². The van der Waals surface area contributed by atoms with Gasteiger partial charge in [0.1, 0.15) is 17.3 Å². The molecule has 1 aromatic heterocycles. The number of carbonyl (C=O) groups is 2. The summed E-state index contributed by atoms with van der Waals surface area (Å²) in [6.07, 6.45) is -4.69. The van der Waals surface area contributed by atoms with Gasteiger partial charge in [0.05, 0.1) is 22.3 Å². The van der Waals surface area contributed by atoms with E-state index in [-0.39, 0.29) is 11.6 Å². The number of nitrogens with zero attached hydrogens (tertiary/aromatic N) is 2. The zero-order chi connectivity index (χ0) is 31.4. The summed E-state index contributed by atoms with van der Waals surface area (Å²) >= 11 is 0. The van der Waals surface area contributed by atoms with Crippen molar-refractivity contribution in [2.45, 2.75) is 6.18 Å². The molecule has 0 fully saturated rings. The van der Waals surface area contributed by atoms with Gasteiger partial charge >= 0.3 is 18.2 Å². The number of benzene rings is 4. The van der Waals surface area contributed by atoms with Crippen molar-refractivity contribution in [2.24, 2.45) is 0 Å². The number of amides is 4. The van der Waals surface area contributed by atoms with Crippen LogP contribution in [0.25, 0.3) is 11.0 Å². The minimum Gasteiger partial charge on any atom is -0.457 e. The van der Waals surface area contributed by atoms with Crippen LogP contribution in [-0.2, 0) is 6.18 Å². The number of anilines is 5. The third-order valence-electron chi connectivity index (χ3n) is 6.22. The van der Waals surface area contributed by atoms with Crippen LogP contribution in [0.5, 0.6) is 11.5 Å². The van der Waals surface area contributed by atoms with E-state index in [9.17, 15) is 27.2 Å². The van der Waals surface area contributed by atoms with Gasteiger partial charge in [-0.1, -0.05) is 0 Å². The number of H-pyrrole nitrogens is 1. The van der Waals surface area contributed by atoms with Gasteiger partial charge in [0.25, 0.3) is 0 Å². The molecule has 0 saturated heterocycles. The minimum atomic E-state index is -4.69. The van der Waals surface area contributed by atoms with E-state index in [2.05, 4.69) is 31.2 Å². The Bertz CT molecular complexity index is 1810. The molecule has 5 N–H and O–H groups in total. The molecular weight excluding hydrogens is 582 g/mol. The van der Waals surface area contributed by atoms with Crippen molar-refractivity contribution in [3.8, 4) is 11.5 Å². The molecule has 0 aliphatic heterocycles. The van der Waals surface area contributed by atoms with Crippen molar-refractivity contribution in [3.05, 3.63) is 96.3 Å². The first-order chi connectivity index (χ1) is 20.9. The number of aromatic amines is 1. The van der Waals surface area contributed by atoms with E-state index in [1.165, 1.54) is 12.1 Å². The Morgan fingerprint density at radius 1 is 0.773 bits per heavy atom. The van der Waals surface area contributed by atoms with Crippen molar-refractivity contribution in [3.63, 3.8) is 0 Å². The molecule has 1 heterocycles. The quantitative estimate of drug-likeness (QED) is 0.121. The Morgan fingerprint density at radius 2 is 1.39 bits per heavy atom. The summed E-state index contributed by atoms with van der Waals surface area (Å²) in [5, 5.41) is 9.90. The Morgan fingerprint density at radius 3 is 2.02 bits per heavy atom. The lowest BCUT2D eigenvalue weighted by Gasteiger charge is -2.13. The molecule has 4 aromatic carbocycles. The largest absolute Gasteiger partial charge is 0.457 e. The summed E-state index contributed by atoms with van der Waals surface area (Å²) in [5.74, 6) is 0.0773. The van der Waals surface area contributed by atoms with Crippen molar-refractivity contribution in [1.82, 2.24) is 9.97 Å². The highest BCUT2D eigenvalue weighted by Crippen LogP contribution is 2.32. The zero-order valence-corrected chi connectivity index (χ0v) is 23.2. The second kappa shape index (κ2) is 12.2. The maximum absolute atomic E-state index is 13.9. The van der Waals surface area contributed by atoms with E-state index in [1.54, 1.807) is 42.5 Å². The SMILES string of the molecule is CN(C)c1ccc(NC(=O)Nc2nc3cc(Oc4ccc(NC(=O)Nc5cc(C(F)(F)F)ccc5F)cc4)ccc3[nH]2)cc1. The first-order valence-corrected chi connectivity index (χ1v) is 13.0. The van der Waals surface area contributed by atoms with Crippen LogP contribution < -0.4 is 30.9 Å². The molecule has 0 spiro atoms. The highest BCUT2D eigenvalue weighted by molar-refractivity contribution is 6.00. The Balaban J connectivity index is 1.17. The smallest absolute Gasteiger partial charge is 0.416 e. The van der Waals surface area contributed by atoms with Crippen LogP contribution in [0.2, 0.25) is 0 Å². The van der Waals surface area contributed by atoms with E-state index in [1.807, 2.05) is 31.1 Å². The van der Waals surface area contributed by atoms with Gasteiger partial charge < -0.3 is 30.6 Å². The minimum absolute atomic E-state index is 0.235. The first kappa shape index (κ1) is 29.7. The van der Waals surface area contributed by atoms with Gasteiger partial charge in [-0.05, 0) is 78.9 Å². The number of fused-ring (bicyclic) bond motifs is 1. The molecule has 10 nitrogen and oxygen atoms in total. The summed E-state index contributed by atoms with van der Waals surface area (Å²) in [5.41, 5.74) is 1.38. The van der Waals surface area contributed by atoms with Crippen LogP contribution in [0.4, 0.5) is 55.8 Å². The monoisotopic (exact) mass is 607 g/mol. The number of rotatable bonds is 7. The number of halogens is 4. The molecule has 0 saturated carbocycles. The molecule has 5 aromatic rings. The zero-order valence-electron chi connectivity index (χ0n) is 23.2. The maximum Gasteiger partial charge on any atom is 0.416 e. The van der Waals surface area contributed by atoms with Crippen LogP contribution in [0.1, 0.15) is 5.56 Å². The molecule has 0 radical (unpaired) electrons. The third-order valence-corrected chi connectivity index (χ3v) is 6.22. The molecular formula is C30H25F4N7O3. The fraction of sp³-hybridized carbons (Fsp3) is 0.100. The number of imidazole rings is 1. The van der Waals surface area contributed by atoms with E-state index < -0.39 is 35.3 Å². The highest BCUT2D eigenvalue weighted by atomic mass is 19.4. The Kier molecular flexibility index (Phi) is 8.24. The number of carbonyl (C=O) groups excluding carboxylic acids is 2. The van der Waals surface area contributed by atoms with Crippen LogP contribution in [0, 0.1) is 5.82 Å². The van der Waals surface area contributed by atoms with Crippen LogP contribution in [0.15, 0.2) is 84.9 Å². The standard InChI is InChI=1S/C30H25F4N7O3/c1-41(2)20-8-4-18(5-9-20)36-29(43)40-27-37-24-14-12-22(16-26(24)38-27)44-21-10-6-19(7-11-21)35-28(42)39-25-15-17(30(32,33)34)3-13-23(25)31/h3-16H,1-2H3,(H2,35,39,42)(H3,36,37,38,40,43). The Hall–Kier alpha value is -5.79. The van der Waals surface area contributed by atoms with E-state index in [0.717, 1.165) is 5.69 Å². The number of nitrogens with one attached hydrogen (secondary N) is 5. The van der Waals surface area contributed by atoms with Gasteiger partial charge in [-0.25, -0.2) is 19.0 Å². The second-order valence-electron chi connectivity index (χ2n) is 9.68. The highest BCUT2D eigenvalue weighted by Gasteiger charge is 2.31. The van der Waals surface area contributed by atoms with Gasteiger partial charge in [0.15, 0.2) is 0 Å². The molecule has 4 amide bonds. The second-order valence-corrected chi connectivity index (χ2v) is 9.68. The lowest BCUT2D eigenvalue weighted by atomic mass is 10.2. The predicted octanol–water partition coefficient (Wildman–Crippen LogP) is 7.87. The molecule has 0 atom stereocenters. The topological polar surface area (TPSA) is 123 Å². The lowest BCUT2D eigenvalue weighted by molar-refractivity contribution is -0.137. The molecule has 14 heteroatoms. The molecule has 0 aliphatic rings. The predicted molar refractivity (Wildman–Crippen MR) is 160 cm³/mol. The summed E-state index contributed by atoms with van der Waals surface area (Å²) in [7, 11) is 3.85. The molecule has 5 rings (SSSR count). The summed E-state index contributed by atoms with van der Waals surface area (Å²) in [6.45, 7) is 0. The molecule has 226 valence electrons. The van der Waals surface area contributed by atoms with Crippen LogP contribution in [0.3, 0.4) is 0 Å². The van der Waals surface area contributed by atoms with Crippen molar-refractivity contribution in [2.75, 3.05) is 40.3 Å². The van der Waals surface area contributed by atoms with Gasteiger partial charge in [0.2, 0.25) is 5.95 Å². The fourth-order valence-corrected chi connectivity index (χ4v) is 4.05. The summed E-state index contributed by atoms with van der Waals surface area (Å²) in [4.78, 5) is 34.0. The molecule has 0 aliphatic carbocycles. The van der Waals surface area contributed by atoms with Gasteiger partial charge in [-0.2, -0.15) is 13.2 Å². The third kappa shape index (κ3) is 7.34. The number of hydrogen-bond donors (Lipinski definition) is 5. The molecule has 0 unspecified atom stereocenters. The number of ether oxygens (including phenoxy) is 1. The van der Waals surface area contributed by atoms with Gasteiger partial charge in [-0.15, -0.1) is 0 Å². The van der Waals surface area contributed by atoms with E-state index in [0.29, 0.717) is 46.4 Å². The van der Waals surface area contributed by atoms with Crippen LogP contribution in [-0.4, -0.2) is 36.1 Å². The maximum atomic E-state index is 13.9. The van der Waals surface area contributed by atoms with Gasteiger partial charge in [-0.3, -0.25) is 5.32 Å². The lowest BCUT2D eigenvalue weighted by Crippen LogP contribution is -2.20. The number of urea groups is 2. The van der Waals surface area contributed by atoms with E-state index in [4.69, 9.17) is 4.74 Å². The number of aromatic nitrogens is 2. The van der Waals surface area contributed by atoms with Crippen molar-refractivity contribution in [1.29, 1.82) is 0 Å². The summed E-state index contributed by atoms with van der Waals surface area (Å²) < 4.78 is 58.5. The fourth-order valence-electron chi connectivity index (χ4n) is 4.05. The van der Waals surface area contributed by atoms with Gasteiger partial charge in [0, 0.05) is 37.2 Å². The van der Waals surface area contributed by atoms with E-state index >= 15 is 0 Å². The molecule has 44 heavy (non-hydrogen) atoms. The summed E-state index contributed by atoms with van der Waals surface area (Å²) in [6, 6.07) is 18.9. The number of hydrogen-bond acceptors (Lipinski definition) is 5. The number of alkyl halides is 3. The molecule has 0 bridgehead atoms. The average molecular weight is 608 g/mol. The first-order valence-electron chi connectivity index (χ1n) is 13.0. The van der Waals surface area contributed by atoms with Crippen LogP contribution >= 0.6 is 0 Å². The normalized spacial score (nSPS) is 11.1. The average Bonchev–Trinajstić information content (AvgIpc) is 3.36. The van der Waals surface area contributed by atoms with Crippen molar-refractivity contribution >= 4 is 51.8 Å². The van der Waals surface area contributed by atoms with Crippen molar-refractivity contribution < 1.29 is 31.9 Å².